The van der Waals surface area contributed by atoms with Crippen LogP contribution in [0.15, 0.2) is 24.8 Å². The second kappa shape index (κ2) is 10.2. The number of benzene rings is 1. The number of carbonyl (C=O) groups is 1. The first-order chi connectivity index (χ1) is 18.5. The van der Waals surface area contributed by atoms with Crippen LogP contribution >= 0.6 is 0 Å². The predicted octanol–water partition coefficient (Wildman–Crippen LogP) is 2.45. The summed E-state index contributed by atoms with van der Waals surface area (Å²) >= 11 is 0. The number of fused-ring (bicyclic) bond motifs is 1. The van der Waals surface area contributed by atoms with Gasteiger partial charge in [0.1, 0.15) is 23.2 Å². The molecule has 5 N–H and O–H groups in total. The molecule has 2 aliphatic rings. The molecule has 2 fully saturated rings. The van der Waals surface area contributed by atoms with E-state index in [0.29, 0.717) is 13.2 Å². The lowest BCUT2D eigenvalue weighted by Crippen LogP contribution is -2.58. The summed E-state index contributed by atoms with van der Waals surface area (Å²) in [5.41, 5.74) is 9.87. The fourth-order valence-electron chi connectivity index (χ4n) is 5.46. The number of nitrogens with one attached hydrogen (secondary N) is 1. The number of alkyl halides is 3. The average molecular weight is 551 g/mol. The van der Waals surface area contributed by atoms with Gasteiger partial charge < -0.3 is 31.0 Å². The Hall–Kier alpha value is -3.52. The molecule has 2 atom stereocenters. The number of anilines is 2. The van der Waals surface area contributed by atoms with Crippen molar-refractivity contribution in [2.45, 2.75) is 50.5 Å². The van der Waals surface area contributed by atoms with E-state index in [9.17, 15) is 22.4 Å². The van der Waals surface area contributed by atoms with Crippen molar-refractivity contribution in [3.63, 3.8) is 0 Å². The standard InChI is InChI=1S/C25H30F4N8O2/c1-14(15-4-8-39-9-5-15)35-23(38)24(31)6-7-36(11-24)18-3-2-17(26)19(25(27,28)29)16(18)10-37-13-34-20-21(30)32-12-33-22(20)37/h2-3,12-15H,4-11,31H2,1H3,(H,35,38)(H2,30,32,33)/t14-,24-/m1/s1. The van der Waals surface area contributed by atoms with Crippen molar-refractivity contribution in [2.75, 3.05) is 36.9 Å². The maximum atomic E-state index is 14.7. The summed E-state index contributed by atoms with van der Waals surface area (Å²) in [6, 6.07) is 1.95. The molecule has 0 spiro atoms. The summed E-state index contributed by atoms with van der Waals surface area (Å²) in [4.78, 5) is 26.9. The number of hydrogen-bond donors (Lipinski definition) is 3. The van der Waals surface area contributed by atoms with Gasteiger partial charge in [0.15, 0.2) is 11.5 Å². The Morgan fingerprint density at radius 2 is 2.00 bits per heavy atom. The van der Waals surface area contributed by atoms with Crippen molar-refractivity contribution in [1.29, 1.82) is 0 Å². The zero-order valence-electron chi connectivity index (χ0n) is 21.3. The Morgan fingerprint density at radius 1 is 1.26 bits per heavy atom. The van der Waals surface area contributed by atoms with Crippen LogP contribution in [-0.4, -0.2) is 63.3 Å². The minimum Gasteiger partial charge on any atom is -0.382 e. The van der Waals surface area contributed by atoms with E-state index in [1.807, 2.05) is 6.92 Å². The SMILES string of the molecule is C[C@@H](NC(=O)[C@@]1(N)CCN(c2ccc(F)c(C(F)(F)F)c2Cn2cnc3c(N)ncnc32)C1)C1CCOCC1. The number of imidazole rings is 1. The quantitative estimate of drug-likeness (QED) is 0.398. The minimum atomic E-state index is -4.98. The molecule has 5 rings (SSSR count). The van der Waals surface area contributed by atoms with Crippen LogP contribution in [0.3, 0.4) is 0 Å². The third-order valence-electron chi connectivity index (χ3n) is 7.70. The van der Waals surface area contributed by atoms with Gasteiger partial charge in [0.2, 0.25) is 5.91 Å². The van der Waals surface area contributed by atoms with Crippen LogP contribution in [0.25, 0.3) is 11.2 Å². The number of nitrogen functional groups attached to an aromatic ring is 1. The third-order valence-corrected chi connectivity index (χ3v) is 7.70. The van der Waals surface area contributed by atoms with Crippen LogP contribution in [0.2, 0.25) is 0 Å². The molecule has 14 heteroatoms. The smallest absolute Gasteiger partial charge is 0.382 e. The summed E-state index contributed by atoms with van der Waals surface area (Å²) in [6.07, 6.45) is -0.651. The fourth-order valence-corrected chi connectivity index (χ4v) is 5.46. The number of halogens is 4. The molecule has 0 saturated carbocycles. The number of ether oxygens (including phenoxy) is 1. The van der Waals surface area contributed by atoms with Gasteiger partial charge in [0, 0.05) is 43.6 Å². The molecule has 0 unspecified atom stereocenters. The second-order valence-electron chi connectivity index (χ2n) is 10.3. The highest BCUT2D eigenvalue weighted by Gasteiger charge is 2.44. The molecule has 1 amide bonds. The molecule has 2 aliphatic heterocycles. The second-order valence-corrected chi connectivity index (χ2v) is 10.3. The molecule has 2 aromatic heterocycles. The summed E-state index contributed by atoms with van der Waals surface area (Å²) < 4.78 is 63.9. The molecule has 4 heterocycles. The lowest BCUT2D eigenvalue weighted by molar-refractivity contribution is -0.140. The van der Waals surface area contributed by atoms with Crippen molar-refractivity contribution in [3.8, 4) is 0 Å². The first kappa shape index (κ1) is 27.1. The van der Waals surface area contributed by atoms with Gasteiger partial charge in [-0.05, 0) is 44.2 Å². The number of rotatable bonds is 6. The Labute approximate surface area is 221 Å². The molecule has 39 heavy (non-hydrogen) atoms. The topological polar surface area (TPSA) is 137 Å². The van der Waals surface area contributed by atoms with Gasteiger partial charge in [0.05, 0.1) is 18.4 Å². The monoisotopic (exact) mass is 550 g/mol. The first-order valence-corrected chi connectivity index (χ1v) is 12.7. The molecule has 3 aromatic rings. The van der Waals surface area contributed by atoms with Gasteiger partial charge in [-0.25, -0.2) is 19.3 Å². The van der Waals surface area contributed by atoms with Crippen molar-refractivity contribution in [1.82, 2.24) is 24.8 Å². The number of carbonyl (C=O) groups excluding carboxylic acids is 1. The Balaban J connectivity index is 1.45. The lowest BCUT2D eigenvalue weighted by atomic mass is 9.91. The van der Waals surface area contributed by atoms with Gasteiger partial charge in [-0.1, -0.05) is 0 Å². The van der Waals surface area contributed by atoms with E-state index in [1.165, 1.54) is 23.3 Å². The zero-order chi connectivity index (χ0) is 27.9. The number of hydrogen-bond acceptors (Lipinski definition) is 8. The van der Waals surface area contributed by atoms with Gasteiger partial charge in [0.25, 0.3) is 0 Å². The molecular weight excluding hydrogens is 520 g/mol. The maximum Gasteiger partial charge on any atom is 0.419 e. The normalized spacial score (nSPS) is 21.4. The Bertz CT molecular complexity index is 1370. The van der Waals surface area contributed by atoms with Crippen molar-refractivity contribution >= 4 is 28.6 Å². The van der Waals surface area contributed by atoms with Crippen LogP contribution in [0.5, 0.6) is 0 Å². The maximum absolute atomic E-state index is 14.7. The van der Waals surface area contributed by atoms with Gasteiger partial charge >= 0.3 is 6.18 Å². The van der Waals surface area contributed by atoms with E-state index in [4.69, 9.17) is 16.2 Å². The summed E-state index contributed by atoms with van der Waals surface area (Å²) in [5.74, 6) is -1.44. The van der Waals surface area contributed by atoms with Crippen molar-refractivity contribution in [2.24, 2.45) is 11.7 Å². The summed E-state index contributed by atoms with van der Waals surface area (Å²) in [7, 11) is 0. The Morgan fingerprint density at radius 3 is 2.72 bits per heavy atom. The summed E-state index contributed by atoms with van der Waals surface area (Å²) in [5, 5.41) is 3.00. The Kier molecular flexibility index (Phi) is 7.10. The van der Waals surface area contributed by atoms with Crippen LogP contribution in [0, 0.1) is 11.7 Å². The predicted molar refractivity (Wildman–Crippen MR) is 135 cm³/mol. The van der Waals surface area contributed by atoms with E-state index in [2.05, 4.69) is 20.3 Å². The minimum absolute atomic E-state index is 0.0327. The first-order valence-electron chi connectivity index (χ1n) is 12.7. The molecule has 1 aromatic carbocycles. The number of nitrogens with zero attached hydrogens (tertiary/aromatic N) is 5. The number of nitrogens with two attached hydrogens (primary N) is 2. The van der Waals surface area contributed by atoms with E-state index in [0.717, 1.165) is 18.9 Å². The fraction of sp³-hybridized carbons (Fsp3) is 0.520. The van der Waals surface area contributed by atoms with Gasteiger partial charge in [-0.2, -0.15) is 13.2 Å². The van der Waals surface area contributed by atoms with Crippen molar-refractivity contribution < 1.29 is 27.1 Å². The number of aromatic nitrogens is 4. The summed E-state index contributed by atoms with van der Waals surface area (Å²) in [6.45, 7) is 2.97. The highest BCUT2D eigenvalue weighted by Crippen LogP contribution is 2.40. The largest absolute Gasteiger partial charge is 0.419 e. The molecule has 210 valence electrons. The van der Waals surface area contributed by atoms with Crippen molar-refractivity contribution in [3.05, 3.63) is 41.7 Å². The molecule has 2 saturated heterocycles. The van der Waals surface area contributed by atoms with E-state index in [1.54, 1.807) is 4.90 Å². The lowest BCUT2D eigenvalue weighted by Gasteiger charge is -2.32. The van der Waals surface area contributed by atoms with E-state index < -0.39 is 29.6 Å². The third kappa shape index (κ3) is 5.22. The molecule has 0 aliphatic carbocycles. The molecule has 0 radical (unpaired) electrons. The van der Waals surface area contributed by atoms with Gasteiger partial charge in [-0.3, -0.25) is 4.79 Å². The van der Waals surface area contributed by atoms with Crippen LogP contribution in [-0.2, 0) is 22.3 Å². The molecule has 0 bridgehead atoms. The van der Waals surface area contributed by atoms with Crippen LogP contribution < -0.4 is 21.7 Å². The van der Waals surface area contributed by atoms with Crippen LogP contribution in [0.1, 0.15) is 37.3 Å². The number of amides is 1. The highest BCUT2D eigenvalue weighted by molar-refractivity contribution is 5.88. The highest BCUT2D eigenvalue weighted by atomic mass is 19.4. The zero-order valence-corrected chi connectivity index (χ0v) is 21.3. The van der Waals surface area contributed by atoms with Crippen LogP contribution in [0.4, 0.5) is 29.1 Å². The molecule has 10 nitrogen and oxygen atoms in total. The average Bonchev–Trinajstić information content (AvgIpc) is 3.49. The van der Waals surface area contributed by atoms with E-state index >= 15 is 0 Å². The molecular formula is C25H30F4N8O2. The van der Waals surface area contributed by atoms with Gasteiger partial charge in [-0.15, -0.1) is 0 Å². The van der Waals surface area contributed by atoms with E-state index in [-0.39, 0.29) is 65.6 Å².